The first kappa shape index (κ1) is 20.3. The molecule has 1 saturated heterocycles. The number of nitrogens with one attached hydrogen (secondary N) is 1. The normalized spacial score (nSPS) is 17.0. The second kappa shape index (κ2) is 8.03. The van der Waals surface area contributed by atoms with Crippen LogP contribution in [-0.4, -0.2) is 28.5 Å². The van der Waals surface area contributed by atoms with Crippen molar-refractivity contribution in [2.45, 2.75) is 53.0 Å². The van der Waals surface area contributed by atoms with Crippen LogP contribution in [0.4, 0.5) is 11.5 Å². The lowest BCUT2D eigenvalue weighted by Gasteiger charge is -2.35. The van der Waals surface area contributed by atoms with Crippen LogP contribution in [0.2, 0.25) is 0 Å². The molecule has 1 N–H and O–H groups in total. The van der Waals surface area contributed by atoms with E-state index in [1.807, 2.05) is 39.0 Å². The lowest BCUT2D eigenvalue weighted by atomic mass is 10.0. The Hall–Kier alpha value is -1.99. The van der Waals surface area contributed by atoms with E-state index in [2.05, 4.69) is 38.1 Å². The molecule has 3 heterocycles. The molecule has 0 unspecified atom stereocenters. The highest BCUT2D eigenvalue weighted by Gasteiger charge is 2.26. The van der Waals surface area contributed by atoms with Crippen LogP contribution in [0.25, 0.3) is 10.2 Å². The molecule has 1 atom stereocenters. The molecule has 0 radical (unpaired) electrons. The Kier molecular flexibility index (Phi) is 5.62. The topological polar surface area (TPSA) is 58.1 Å². The second-order valence-electron chi connectivity index (χ2n) is 7.78. The number of hydrogen-bond donors (Lipinski definition) is 1. The van der Waals surface area contributed by atoms with Crippen molar-refractivity contribution in [1.82, 2.24) is 9.97 Å². The molecule has 0 saturated carbocycles. The molecule has 1 amide bonds. The van der Waals surface area contributed by atoms with E-state index in [1.165, 1.54) is 30.6 Å². The number of halogens is 1. The number of amides is 1. The lowest BCUT2D eigenvalue weighted by Crippen LogP contribution is -2.38. The van der Waals surface area contributed by atoms with Gasteiger partial charge in [-0.05, 0) is 76.3 Å². The molecule has 0 aliphatic carbocycles. The molecule has 1 fully saturated rings. The van der Waals surface area contributed by atoms with Gasteiger partial charge in [0.2, 0.25) is 0 Å². The first-order valence-electron chi connectivity index (χ1n) is 9.97. The number of piperidine rings is 1. The van der Waals surface area contributed by atoms with Crippen LogP contribution in [0, 0.1) is 20.8 Å². The van der Waals surface area contributed by atoms with Crippen LogP contribution in [0.5, 0.6) is 0 Å². The van der Waals surface area contributed by atoms with Crippen molar-refractivity contribution in [3.8, 4) is 0 Å². The smallest absolute Gasteiger partial charge is 0.266 e. The van der Waals surface area contributed by atoms with E-state index in [9.17, 15) is 4.79 Å². The fraction of sp³-hybridized carbons (Fsp3) is 0.409. The highest BCUT2D eigenvalue weighted by atomic mass is 79.9. The number of anilines is 2. The van der Waals surface area contributed by atoms with Crippen LogP contribution in [0.3, 0.4) is 0 Å². The minimum Gasteiger partial charge on any atom is -0.353 e. The summed E-state index contributed by atoms with van der Waals surface area (Å²) in [6.07, 6.45) is 3.60. The molecule has 5 nitrogen and oxygen atoms in total. The molecular weight excluding hydrogens is 448 g/mol. The Morgan fingerprint density at radius 3 is 2.76 bits per heavy atom. The van der Waals surface area contributed by atoms with Gasteiger partial charge in [0, 0.05) is 22.7 Å². The van der Waals surface area contributed by atoms with Gasteiger partial charge in [-0.25, -0.2) is 9.97 Å². The summed E-state index contributed by atoms with van der Waals surface area (Å²) in [5.74, 6) is 1.64. The van der Waals surface area contributed by atoms with E-state index >= 15 is 0 Å². The van der Waals surface area contributed by atoms with Gasteiger partial charge < -0.3 is 10.2 Å². The molecule has 29 heavy (non-hydrogen) atoms. The molecule has 1 aromatic carbocycles. The zero-order valence-electron chi connectivity index (χ0n) is 17.2. The molecule has 152 valence electrons. The fourth-order valence-corrected chi connectivity index (χ4v) is 5.60. The van der Waals surface area contributed by atoms with Gasteiger partial charge >= 0.3 is 0 Å². The maximum atomic E-state index is 13.1. The summed E-state index contributed by atoms with van der Waals surface area (Å²) in [4.78, 5) is 26.5. The average Bonchev–Trinajstić information content (AvgIpc) is 3.00. The third-order valence-electron chi connectivity index (χ3n) is 5.60. The Bertz CT molecular complexity index is 1090. The van der Waals surface area contributed by atoms with Crippen molar-refractivity contribution >= 4 is 54.9 Å². The lowest BCUT2D eigenvalue weighted by molar-refractivity contribution is 0.103. The molecule has 1 aliphatic rings. The summed E-state index contributed by atoms with van der Waals surface area (Å²) in [7, 11) is 0. The number of carbonyl (C=O) groups is 1. The van der Waals surface area contributed by atoms with Crippen molar-refractivity contribution in [2.24, 2.45) is 0 Å². The van der Waals surface area contributed by atoms with Crippen LogP contribution < -0.4 is 10.2 Å². The van der Waals surface area contributed by atoms with E-state index < -0.39 is 0 Å². The molecule has 4 rings (SSSR count). The summed E-state index contributed by atoms with van der Waals surface area (Å²) in [6.45, 7) is 9.19. The quantitative estimate of drug-likeness (QED) is 0.506. The number of fused-ring (bicyclic) bond motifs is 1. The molecule has 0 spiro atoms. The zero-order valence-corrected chi connectivity index (χ0v) is 19.6. The number of hydrogen-bond acceptors (Lipinski definition) is 5. The number of carbonyl (C=O) groups excluding carboxylic acids is 1. The third-order valence-corrected chi connectivity index (χ3v) is 7.28. The number of aryl methyl sites for hydroxylation is 3. The van der Waals surface area contributed by atoms with Gasteiger partial charge in [0.05, 0.1) is 10.3 Å². The first-order chi connectivity index (χ1) is 13.8. The van der Waals surface area contributed by atoms with Gasteiger partial charge in [-0.3, -0.25) is 4.79 Å². The summed E-state index contributed by atoms with van der Waals surface area (Å²) >= 11 is 4.92. The predicted octanol–water partition coefficient (Wildman–Crippen LogP) is 6.01. The predicted molar refractivity (Wildman–Crippen MR) is 124 cm³/mol. The molecular formula is C22H25BrN4OS. The number of aromatic nitrogens is 2. The van der Waals surface area contributed by atoms with E-state index in [-0.39, 0.29) is 5.91 Å². The number of benzene rings is 1. The minimum absolute atomic E-state index is 0.0915. The van der Waals surface area contributed by atoms with Crippen LogP contribution in [0.15, 0.2) is 22.7 Å². The minimum atomic E-state index is -0.0915. The highest BCUT2D eigenvalue weighted by molar-refractivity contribution is 9.10. The average molecular weight is 473 g/mol. The van der Waals surface area contributed by atoms with Crippen molar-refractivity contribution in [2.75, 3.05) is 16.8 Å². The molecule has 1 aliphatic heterocycles. The molecule has 0 bridgehead atoms. The van der Waals surface area contributed by atoms with Crippen molar-refractivity contribution in [1.29, 1.82) is 0 Å². The SMILES string of the molecule is Cc1nc(N2CCCC[C@@H]2C)c2c(C)c(C(=O)Nc3ccc(Br)cc3C)sc2n1. The van der Waals surface area contributed by atoms with Gasteiger partial charge in [-0.15, -0.1) is 11.3 Å². The van der Waals surface area contributed by atoms with Crippen molar-refractivity contribution in [3.05, 3.63) is 44.5 Å². The van der Waals surface area contributed by atoms with Gasteiger partial charge in [-0.1, -0.05) is 15.9 Å². The number of nitrogens with zero attached hydrogens (tertiary/aromatic N) is 3. The summed E-state index contributed by atoms with van der Waals surface area (Å²) in [5.41, 5.74) is 2.80. The Morgan fingerprint density at radius 2 is 2.03 bits per heavy atom. The monoisotopic (exact) mass is 472 g/mol. The van der Waals surface area contributed by atoms with E-state index in [4.69, 9.17) is 4.98 Å². The summed E-state index contributed by atoms with van der Waals surface area (Å²) < 4.78 is 0.997. The van der Waals surface area contributed by atoms with Crippen molar-refractivity contribution < 1.29 is 4.79 Å². The first-order valence-corrected chi connectivity index (χ1v) is 11.6. The second-order valence-corrected chi connectivity index (χ2v) is 9.70. The Balaban J connectivity index is 1.75. The van der Waals surface area contributed by atoms with E-state index in [0.717, 1.165) is 49.7 Å². The third kappa shape index (κ3) is 3.90. The number of thiophene rings is 1. The standard InChI is InChI=1S/C22H25BrN4OS/c1-12-11-16(23)8-9-17(12)26-21(28)19-14(3)18-20(24-15(4)25-22(18)29-19)27-10-6-5-7-13(27)2/h8-9,11,13H,5-7,10H2,1-4H3,(H,26,28)/t13-/m0/s1. The zero-order chi connectivity index (χ0) is 20.7. The molecule has 3 aromatic rings. The van der Waals surface area contributed by atoms with E-state index in [1.54, 1.807) is 0 Å². The largest absolute Gasteiger partial charge is 0.353 e. The molecule has 2 aromatic heterocycles. The summed E-state index contributed by atoms with van der Waals surface area (Å²) in [5, 5.41) is 4.09. The maximum absolute atomic E-state index is 13.1. The van der Waals surface area contributed by atoms with E-state index in [0.29, 0.717) is 10.9 Å². The van der Waals surface area contributed by atoms with Gasteiger partial charge in [0.1, 0.15) is 16.5 Å². The van der Waals surface area contributed by atoms with Gasteiger partial charge in [0.25, 0.3) is 5.91 Å². The maximum Gasteiger partial charge on any atom is 0.266 e. The van der Waals surface area contributed by atoms with Crippen LogP contribution >= 0.6 is 27.3 Å². The van der Waals surface area contributed by atoms with Crippen molar-refractivity contribution in [3.63, 3.8) is 0 Å². The summed E-state index contributed by atoms with van der Waals surface area (Å²) in [6, 6.07) is 6.30. The van der Waals surface area contributed by atoms with Gasteiger partial charge in [0.15, 0.2) is 0 Å². The fourth-order valence-electron chi connectivity index (χ4n) is 4.01. The van der Waals surface area contributed by atoms with Crippen LogP contribution in [0.1, 0.15) is 52.8 Å². The highest BCUT2D eigenvalue weighted by Crippen LogP contribution is 2.38. The van der Waals surface area contributed by atoms with Gasteiger partial charge in [-0.2, -0.15) is 0 Å². The Morgan fingerprint density at radius 1 is 1.24 bits per heavy atom. The van der Waals surface area contributed by atoms with Crippen LogP contribution in [-0.2, 0) is 0 Å². The Labute approximate surface area is 183 Å². The number of rotatable bonds is 3. The molecule has 7 heteroatoms.